The minimum absolute atomic E-state index is 0.0129. The van der Waals surface area contributed by atoms with Crippen LogP contribution in [0.25, 0.3) is 10.9 Å². The molecule has 4 nitrogen and oxygen atoms in total. The lowest BCUT2D eigenvalue weighted by Crippen LogP contribution is -2.11. The van der Waals surface area contributed by atoms with Gasteiger partial charge in [-0.2, -0.15) is 13.2 Å². The van der Waals surface area contributed by atoms with Gasteiger partial charge in [0.1, 0.15) is 0 Å². The van der Waals surface area contributed by atoms with Crippen molar-refractivity contribution in [1.29, 1.82) is 0 Å². The number of para-hydroxylation sites is 1. The lowest BCUT2D eigenvalue weighted by molar-refractivity contribution is -0.146. The summed E-state index contributed by atoms with van der Waals surface area (Å²) in [5, 5.41) is 18.7. The number of aliphatic hydroxyl groups is 1. The molecular weight excluding hydrogens is 275 g/mol. The minimum atomic E-state index is -4.55. The van der Waals surface area contributed by atoms with Crippen molar-refractivity contribution in [2.24, 2.45) is 7.05 Å². The van der Waals surface area contributed by atoms with Gasteiger partial charge in [0.2, 0.25) is 0 Å². The molecule has 2 aromatic rings. The van der Waals surface area contributed by atoms with E-state index in [1.54, 1.807) is 0 Å². The molecule has 1 heterocycles. The van der Waals surface area contributed by atoms with E-state index in [4.69, 9.17) is 5.11 Å². The third-order valence-corrected chi connectivity index (χ3v) is 3.37. The molecule has 0 radical (unpaired) electrons. The summed E-state index contributed by atoms with van der Waals surface area (Å²) in [6.07, 6.45) is -6.41. The molecule has 7 heteroatoms. The second-order valence-corrected chi connectivity index (χ2v) is 4.50. The minimum Gasteiger partial charge on any atom is -0.479 e. The molecule has 1 unspecified atom stereocenters. The van der Waals surface area contributed by atoms with Crippen LogP contribution in [0.15, 0.2) is 18.2 Å². The topological polar surface area (TPSA) is 62.5 Å². The Hall–Kier alpha value is -2.02. The molecule has 20 heavy (non-hydrogen) atoms. The highest BCUT2D eigenvalue weighted by Crippen LogP contribution is 2.39. The Balaban J connectivity index is 2.88. The summed E-state index contributed by atoms with van der Waals surface area (Å²) in [4.78, 5) is 10.9. The fraction of sp³-hybridized carbons (Fsp3) is 0.308. The maximum absolute atomic E-state index is 13.0. The molecule has 2 rings (SSSR count). The van der Waals surface area contributed by atoms with Gasteiger partial charge in [0.25, 0.3) is 0 Å². The first-order valence-electron chi connectivity index (χ1n) is 5.72. The highest BCUT2D eigenvalue weighted by atomic mass is 19.4. The predicted octanol–water partition coefficient (Wildman–Crippen LogP) is 2.62. The van der Waals surface area contributed by atoms with Crippen molar-refractivity contribution < 1.29 is 28.2 Å². The van der Waals surface area contributed by atoms with Crippen molar-refractivity contribution in [3.63, 3.8) is 0 Å². The standard InChI is InChI=1S/C13H12F3NO3/c1-6-9(11(18)12(19)20)7-4-3-5-8(13(14,15)16)10(7)17(6)2/h3-5,11,18H,1-2H3,(H,19,20). The first-order valence-corrected chi connectivity index (χ1v) is 5.72. The third-order valence-electron chi connectivity index (χ3n) is 3.37. The fourth-order valence-electron chi connectivity index (χ4n) is 2.36. The van der Waals surface area contributed by atoms with Gasteiger partial charge in [0, 0.05) is 23.7 Å². The molecule has 0 saturated heterocycles. The zero-order valence-corrected chi connectivity index (χ0v) is 10.7. The Kier molecular flexibility index (Phi) is 3.25. The van der Waals surface area contributed by atoms with Gasteiger partial charge in [0.15, 0.2) is 6.10 Å². The van der Waals surface area contributed by atoms with Crippen LogP contribution >= 0.6 is 0 Å². The van der Waals surface area contributed by atoms with Crippen molar-refractivity contribution in [3.05, 3.63) is 35.0 Å². The van der Waals surface area contributed by atoms with E-state index in [0.717, 1.165) is 6.07 Å². The van der Waals surface area contributed by atoms with Crippen LogP contribution in [-0.2, 0) is 18.0 Å². The highest BCUT2D eigenvalue weighted by molar-refractivity contribution is 5.92. The summed E-state index contributed by atoms with van der Waals surface area (Å²) in [5.74, 6) is -1.50. The number of alkyl halides is 3. The first-order chi connectivity index (χ1) is 9.16. The monoisotopic (exact) mass is 287 g/mol. The Morgan fingerprint density at radius 3 is 2.45 bits per heavy atom. The van der Waals surface area contributed by atoms with Gasteiger partial charge < -0.3 is 14.8 Å². The number of fused-ring (bicyclic) bond motifs is 1. The van der Waals surface area contributed by atoms with Crippen LogP contribution in [-0.4, -0.2) is 20.7 Å². The number of benzene rings is 1. The Morgan fingerprint density at radius 2 is 1.95 bits per heavy atom. The van der Waals surface area contributed by atoms with Crippen LogP contribution in [0.2, 0.25) is 0 Å². The lowest BCUT2D eigenvalue weighted by Gasteiger charge is -2.10. The molecule has 0 aliphatic carbocycles. The van der Waals surface area contributed by atoms with Gasteiger partial charge in [-0.3, -0.25) is 0 Å². The summed E-state index contributed by atoms with van der Waals surface area (Å²) in [6.45, 7) is 1.47. The van der Waals surface area contributed by atoms with E-state index < -0.39 is 23.8 Å². The molecule has 0 amide bonds. The normalized spacial score (nSPS) is 13.7. The number of aromatic nitrogens is 1. The number of carboxylic acid groups (broad SMARTS) is 1. The SMILES string of the molecule is Cc1c(C(O)C(=O)O)c2cccc(C(F)(F)F)c2n1C. The molecule has 2 N–H and O–H groups in total. The Labute approximate surface area is 112 Å². The van der Waals surface area contributed by atoms with Gasteiger partial charge in [-0.25, -0.2) is 4.79 Å². The van der Waals surface area contributed by atoms with Crippen molar-refractivity contribution in [2.75, 3.05) is 0 Å². The van der Waals surface area contributed by atoms with Crippen LogP contribution in [0.4, 0.5) is 13.2 Å². The van der Waals surface area contributed by atoms with Crippen molar-refractivity contribution in [2.45, 2.75) is 19.2 Å². The van der Waals surface area contributed by atoms with E-state index in [2.05, 4.69) is 0 Å². The summed E-state index contributed by atoms with van der Waals surface area (Å²) < 4.78 is 40.3. The zero-order valence-electron chi connectivity index (χ0n) is 10.7. The van der Waals surface area contributed by atoms with Crippen LogP contribution in [0.5, 0.6) is 0 Å². The number of hydrogen-bond donors (Lipinski definition) is 2. The molecular formula is C13H12F3NO3. The van der Waals surface area contributed by atoms with Crippen molar-refractivity contribution in [3.8, 4) is 0 Å². The predicted molar refractivity (Wildman–Crippen MR) is 65.3 cm³/mol. The molecule has 0 bridgehead atoms. The second-order valence-electron chi connectivity index (χ2n) is 4.50. The number of halogens is 3. The largest absolute Gasteiger partial charge is 0.479 e. The number of carboxylic acids is 1. The average Bonchev–Trinajstić information content (AvgIpc) is 2.60. The van der Waals surface area contributed by atoms with E-state index in [1.807, 2.05) is 0 Å². The summed E-state index contributed by atoms with van der Waals surface area (Å²) in [5.41, 5.74) is -0.718. The van der Waals surface area contributed by atoms with E-state index in [0.29, 0.717) is 0 Å². The smallest absolute Gasteiger partial charge is 0.418 e. The summed E-state index contributed by atoms with van der Waals surface area (Å²) in [7, 11) is 1.41. The number of rotatable bonds is 2. The van der Waals surface area contributed by atoms with Crippen LogP contribution < -0.4 is 0 Å². The average molecular weight is 287 g/mol. The van der Waals surface area contributed by atoms with Gasteiger partial charge in [-0.05, 0) is 13.0 Å². The Bertz CT molecular complexity index is 688. The molecule has 1 atom stereocenters. The number of aliphatic hydroxyl groups excluding tert-OH is 1. The molecule has 0 spiro atoms. The lowest BCUT2D eigenvalue weighted by atomic mass is 10.0. The van der Waals surface area contributed by atoms with Gasteiger partial charge in [-0.15, -0.1) is 0 Å². The van der Waals surface area contributed by atoms with Crippen LogP contribution in [0.3, 0.4) is 0 Å². The van der Waals surface area contributed by atoms with Gasteiger partial charge >= 0.3 is 12.1 Å². The number of aliphatic carboxylic acids is 1. The van der Waals surface area contributed by atoms with Crippen LogP contribution in [0, 0.1) is 6.92 Å². The van der Waals surface area contributed by atoms with E-state index >= 15 is 0 Å². The Morgan fingerprint density at radius 1 is 1.35 bits per heavy atom. The quantitative estimate of drug-likeness (QED) is 0.892. The molecule has 0 saturated carbocycles. The molecule has 1 aromatic carbocycles. The maximum Gasteiger partial charge on any atom is 0.418 e. The fourth-order valence-corrected chi connectivity index (χ4v) is 2.36. The molecule has 0 fully saturated rings. The molecule has 108 valence electrons. The molecule has 1 aromatic heterocycles. The van der Waals surface area contributed by atoms with Gasteiger partial charge in [-0.1, -0.05) is 12.1 Å². The zero-order chi connectivity index (χ0) is 15.2. The second kappa shape index (κ2) is 4.52. The molecule has 0 aliphatic heterocycles. The van der Waals surface area contributed by atoms with Gasteiger partial charge in [0.05, 0.1) is 11.1 Å². The number of nitrogens with zero attached hydrogens (tertiary/aromatic N) is 1. The van der Waals surface area contributed by atoms with Crippen LogP contribution in [0.1, 0.15) is 22.9 Å². The number of aryl methyl sites for hydroxylation is 1. The summed E-state index contributed by atoms with van der Waals surface area (Å²) in [6, 6.07) is 3.50. The van der Waals surface area contributed by atoms with E-state index in [-0.39, 0.29) is 22.2 Å². The van der Waals surface area contributed by atoms with E-state index in [1.165, 1.54) is 30.7 Å². The first kappa shape index (κ1) is 14.4. The third kappa shape index (κ3) is 2.03. The molecule has 0 aliphatic rings. The maximum atomic E-state index is 13.0. The number of hydrogen-bond acceptors (Lipinski definition) is 2. The van der Waals surface area contributed by atoms with E-state index in [9.17, 15) is 23.1 Å². The van der Waals surface area contributed by atoms with Crippen molar-refractivity contribution >= 4 is 16.9 Å². The number of carbonyl (C=O) groups is 1. The highest BCUT2D eigenvalue weighted by Gasteiger charge is 2.35. The van der Waals surface area contributed by atoms with Crippen molar-refractivity contribution in [1.82, 2.24) is 4.57 Å². The summed E-state index contributed by atoms with van der Waals surface area (Å²) >= 11 is 0.